The summed E-state index contributed by atoms with van der Waals surface area (Å²) in [5.41, 5.74) is 2.13. The second-order valence-electron chi connectivity index (χ2n) is 10.3. The van der Waals surface area contributed by atoms with E-state index in [-0.39, 0.29) is 33.8 Å². The Labute approximate surface area is 205 Å². The summed E-state index contributed by atoms with van der Waals surface area (Å²) in [6.45, 7) is 10.5. The van der Waals surface area contributed by atoms with Crippen LogP contribution in [-0.2, 0) is 32.0 Å². The van der Waals surface area contributed by atoms with Crippen molar-refractivity contribution in [3.63, 3.8) is 0 Å². The quantitative estimate of drug-likeness (QED) is 0.507. The van der Waals surface area contributed by atoms with Gasteiger partial charge in [0.15, 0.2) is 0 Å². The van der Waals surface area contributed by atoms with Crippen molar-refractivity contribution in [2.45, 2.75) is 101 Å². The van der Waals surface area contributed by atoms with E-state index in [1.54, 1.807) is 0 Å². The molecule has 0 amide bonds. The third-order valence-corrected chi connectivity index (χ3v) is 10.2. The maximum absolute atomic E-state index is 13.6. The largest absolute Gasteiger partial charge is 0.243 e. The van der Waals surface area contributed by atoms with E-state index in [9.17, 15) is 16.8 Å². The van der Waals surface area contributed by atoms with E-state index in [1.165, 1.54) is 34.1 Å². The highest BCUT2D eigenvalue weighted by molar-refractivity contribution is 7.89. The minimum absolute atomic E-state index is 0.0235. The van der Waals surface area contributed by atoms with Crippen molar-refractivity contribution in [3.05, 3.63) is 59.7 Å². The van der Waals surface area contributed by atoms with Gasteiger partial charge in [-0.05, 0) is 67.0 Å². The summed E-state index contributed by atoms with van der Waals surface area (Å²) in [6.07, 6.45) is 4.39. The summed E-state index contributed by atoms with van der Waals surface area (Å²) in [5, 5.41) is 0. The lowest BCUT2D eigenvalue weighted by Gasteiger charge is -2.28. The van der Waals surface area contributed by atoms with E-state index < -0.39 is 20.0 Å². The number of sulfonamides is 2. The molecule has 1 fully saturated rings. The van der Waals surface area contributed by atoms with Gasteiger partial charge in [0, 0.05) is 18.6 Å². The predicted molar refractivity (Wildman–Crippen MR) is 137 cm³/mol. The first-order valence-electron chi connectivity index (χ1n) is 12.1. The molecule has 6 nitrogen and oxygen atoms in total. The van der Waals surface area contributed by atoms with Crippen LogP contribution in [0.15, 0.2) is 58.3 Å². The zero-order chi connectivity index (χ0) is 25.1. The number of nitrogens with one attached hydrogen (secondary N) is 1. The summed E-state index contributed by atoms with van der Waals surface area (Å²) in [6, 6.07) is 13.4. The first kappa shape index (κ1) is 26.9. The summed E-state index contributed by atoms with van der Waals surface area (Å²) < 4.78 is 56.8. The van der Waals surface area contributed by atoms with Crippen LogP contribution in [-0.4, -0.2) is 33.2 Å². The van der Waals surface area contributed by atoms with Crippen molar-refractivity contribution >= 4 is 20.0 Å². The fraction of sp³-hybridized carbons (Fsp3) is 0.538. The second kappa shape index (κ2) is 10.5. The fourth-order valence-corrected chi connectivity index (χ4v) is 7.23. The highest BCUT2D eigenvalue weighted by atomic mass is 32.2. The van der Waals surface area contributed by atoms with Crippen molar-refractivity contribution in [1.82, 2.24) is 9.03 Å². The molecule has 1 atom stereocenters. The van der Waals surface area contributed by atoms with Gasteiger partial charge in [-0.15, -0.1) is 0 Å². The third-order valence-electron chi connectivity index (χ3n) is 6.66. The number of hydrogen-bond donors (Lipinski definition) is 1. The number of benzene rings is 2. The number of rotatable bonds is 9. The van der Waals surface area contributed by atoms with Gasteiger partial charge in [-0.25, -0.2) is 21.6 Å². The van der Waals surface area contributed by atoms with Crippen LogP contribution >= 0.6 is 0 Å². The van der Waals surface area contributed by atoms with Crippen LogP contribution in [0.1, 0.15) is 77.8 Å². The van der Waals surface area contributed by atoms with Crippen LogP contribution in [0.3, 0.4) is 0 Å². The molecule has 0 unspecified atom stereocenters. The Morgan fingerprint density at radius 1 is 0.912 bits per heavy atom. The fourth-order valence-electron chi connectivity index (χ4n) is 4.23. The lowest BCUT2D eigenvalue weighted by Crippen LogP contribution is -2.37. The third kappa shape index (κ3) is 6.27. The minimum Gasteiger partial charge on any atom is -0.208 e. The molecule has 3 rings (SSSR count). The molecule has 1 saturated carbocycles. The van der Waals surface area contributed by atoms with Crippen LogP contribution in [0.5, 0.6) is 0 Å². The molecule has 8 heteroatoms. The molecule has 0 aliphatic heterocycles. The molecule has 1 N–H and O–H groups in total. The Kier molecular flexibility index (Phi) is 8.28. The van der Waals surface area contributed by atoms with Crippen LogP contribution in [0.25, 0.3) is 0 Å². The van der Waals surface area contributed by atoms with E-state index in [4.69, 9.17) is 0 Å². The first-order chi connectivity index (χ1) is 15.8. The number of nitrogens with zero attached hydrogens (tertiary/aromatic N) is 1. The Balaban J connectivity index is 1.84. The van der Waals surface area contributed by atoms with Gasteiger partial charge < -0.3 is 0 Å². The molecular weight excluding hydrogens is 468 g/mol. The second-order valence-corrected chi connectivity index (χ2v) is 13.9. The molecular formula is C26H38N2O4S2. The minimum atomic E-state index is -3.82. The Morgan fingerprint density at radius 2 is 1.44 bits per heavy atom. The van der Waals surface area contributed by atoms with Gasteiger partial charge in [0.25, 0.3) is 0 Å². The molecule has 34 heavy (non-hydrogen) atoms. The molecule has 0 spiro atoms. The normalized spacial score (nSPS) is 16.8. The van der Waals surface area contributed by atoms with Gasteiger partial charge >= 0.3 is 0 Å². The molecule has 2 aromatic rings. The zero-order valence-corrected chi connectivity index (χ0v) is 22.5. The molecule has 188 valence electrons. The molecule has 0 radical (unpaired) electrons. The van der Waals surface area contributed by atoms with E-state index in [0.717, 1.165) is 31.2 Å². The standard InChI is InChI=1S/C26H38N2O4S2/c1-6-20(2)28(19-21-11-13-22(14-12-21)26(3,4)5)34(31,32)25-17-15-24(16-18-25)33(29,30)27-23-9-7-8-10-23/h11-18,20,23,27H,6-10,19H2,1-5H3/t20-/m0/s1. The van der Waals surface area contributed by atoms with Crippen molar-refractivity contribution in [3.8, 4) is 0 Å². The lowest BCUT2D eigenvalue weighted by atomic mass is 9.87. The monoisotopic (exact) mass is 506 g/mol. The van der Waals surface area contributed by atoms with E-state index in [2.05, 4.69) is 25.5 Å². The van der Waals surface area contributed by atoms with Gasteiger partial charge in [-0.3, -0.25) is 0 Å². The van der Waals surface area contributed by atoms with Crippen molar-refractivity contribution in [2.75, 3.05) is 0 Å². The average molecular weight is 507 g/mol. The van der Waals surface area contributed by atoms with Gasteiger partial charge in [0.1, 0.15) is 0 Å². The van der Waals surface area contributed by atoms with Crippen molar-refractivity contribution in [1.29, 1.82) is 0 Å². The molecule has 2 aromatic carbocycles. The summed E-state index contributed by atoms with van der Waals surface area (Å²) in [4.78, 5) is 0.185. The van der Waals surface area contributed by atoms with Gasteiger partial charge in [0.05, 0.1) is 9.79 Å². The lowest BCUT2D eigenvalue weighted by molar-refractivity contribution is 0.323. The number of hydrogen-bond acceptors (Lipinski definition) is 4. The highest BCUT2D eigenvalue weighted by Gasteiger charge is 2.30. The van der Waals surface area contributed by atoms with E-state index in [1.807, 2.05) is 38.1 Å². The van der Waals surface area contributed by atoms with Gasteiger partial charge in [-0.2, -0.15) is 4.31 Å². The predicted octanol–water partition coefficient (Wildman–Crippen LogP) is 5.19. The highest BCUT2D eigenvalue weighted by Crippen LogP contribution is 2.27. The van der Waals surface area contributed by atoms with Gasteiger partial charge in [0.2, 0.25) is 20.0 Å². The van der Waals surface area contributed by atoms with Crippen molar-refractivity contribution < 1.29 is 16.8 Å². The van der Waals surface area contributed by atoms with Crippen LogP contribution in [0.4, 0.5) is 0 Å². The molecule has 0 bridgehead atoms. The van der Waals surface area contributed by atoms with Gasteiger partial charge in [-0.1, -0.05) is 64.8 Å². The summed E-state index contributed by atoms with van der Waals surface area (Å²) >= 11 is 0. The Hall–Kier alpha value is -1.74. The first-order valence-corrected chi connectivity index (χ1v) is 15.0. The molecule has 0 heterocycles. The molecule has 0 aromatic heterocycles. The van der Waals surface area contributed by atoms with E-state index in [0.29, 0.717) is 6.42 Å². The van der Waals surface area contributed by atoms with Crippen LogP contribution in [0, 0.1) is 0 Å². The Morgan fingerprint density at radius 3 is 1.94 bits per heavy atom. The molecule has 0 saturated heterocycles. The Bertz CT molecular complexity index is 1160. The average Bonchev–Trinajstić information content (AvgIpc) is 3.29. The molecule has 1 aliphatic rings. The summed E-state index contributed by atoms with van der Waals surface area (Å²) in [5.74, 6) is 0. The molecule has 1 aliphatic carbocycles. The maximum Gasteiger partial charge on any atom is 0.243 e. The SMILES string of the molecule is CC[C@H](C)N(Cc1ccc(C(C)(C)C)cc1)S(=O)(=O)c1ccc(S(=O)(=O)NC2CCCC2)cc1. The maximum atomic E-state index is 13.6. The smallest absolute Gasteiger partial charge is 0.208 e. The summed E-state index contributed by atoms with van der Waals surface area (Å²) in [7, 11) is -7.49. The van der Waals surface area contributed by atoms with Crippen molar-refractivity contribution in [2.24, 2.45) is 0 Å². The van der Waals surface area contributed by atoms with E-state index >= 15 is 0 Å². The zero-order valence-electron chi connectivity index (χ0n) is 20.9. The van der Waals surface area contributed by atoms with Crippen LogP contribution < -0.4 is 4.72 Å². The topological polar surface area (TPSA) is 83.6 Å². The van der Waals surface area contributed by atoms with Crippen LogP contribution in [0.2, 0.25) is 0 Å².